The molecule has 2 heterocycles. The van der Waals surface area contributed by atoms with Gasteiger partial charge in [-0.3, -0.25) is 4.79 Å². The largest absolute Gasteiger partial charge is 0.337 e. The first-order valence-electron chi connectivity index (χ1n) is 12.0. The molecule has 1 amide bonds. The molecule has 0 saturated carbocycles. The summed E-state index contributed by atoms with van der Waals surface area (Å²) in [6, 6.07) is 8.30. The van der Waals surface area contributed by atoms with Gasteiger partial charge < -0.3 is 20.4 Å². The van der Waals surface area contributed by atoms with Crippen LogP contribution in [-0.4, -0.2) is 66.5 Å². The molecule has 0 spiro atoms. The zero-order valence-corrected chi connectivity index (χ0v) is 22.2. The predicted molar refractivity (Wildman–Crippen MR) is 148 cm³/mol. The Morgan fingerprint density at radius 1 is 1.30 bits per heavy atom. The van der Waals surface area contributed by atoms with Crippen LogP contribution in [0.1, 0.15) is 18.9 Å². The lowest BCUT2D eigenvalue weighted by atomic mass is 9.90. The fourth-order valence-corrected chi connectivity index (χ4v) is 4.37. The van der Waals surface area contributed by atoms with Gasteiger partial charge in [0.2, 0.25) is 5.91 Å². The minimum atomic E-state index is -0.576. The van der Waals surface area contributed by atoms with Crippen LogP contribution in [0.2, 0.25) is 5.02 Å². The highest BCUT2D eigenvalue weighted by atomic mass is 35.5. The van der Waals surface area contributed by atoms with Crippen molar-refractivity contribution in [2.45, 2.75) is 13.3 Å². The molecule has 1 aliphatic heterocycles. The van der Waals surface area contributed by atoms with E-state index in [9.17, 15) is 9.18 Å². The maximum atomic E-state index is 14.6. The van der Waals surface area contributed by atoms with Crippen LogP contribution in [0.5, 0.6) is 0 Å². The number of carbonyl (C=O) groups excluding carboxylic acids is 1. The first-order valence-corrected chi connectivity index (χ1v) is 12.4. The summed E-state index contributed by atoms with van der Waals surface area (Å²) in [4.78, 5) is 25.7. The average Bonchev–Trinajstić information content (AvgIpc) is 3.19. The highest BCUT2D eigenvalue weighted by molar-refractivity contribution is 6.31. The number of benzene rings is 2. The number of nitrogens with one attached hydrogen (secondary N) is 2. The van der Waals surface area contributed by atoms with Crippen LogP contribution in [-0.2, 0) is 4.79 Å². The van der Waals surface area contributed by atoms with Crippen molar-refractivity contribution in [2.75, 3.05) is 51.4 Å². The van der Waals surface area contributed by atoms with Crippen molar-refractivity contribution in [3.63, 3.8) is 0 Å². The number of hydrogen-bond donors (Lipinski definition) is 2. The van der Waals surface area contributed by atoms with E-state index in [4.69, 9.17) is 11.6 Å². The first kappa shape index (κ1) is 26.6. The number of nitrogens with zero attached hydrogens (tertiary/aromatic N) is 4. The molecule has 9 heteroatoms. The van der Waals surface area contributed by atoms with E-state index in [0.29, 0.717) is 34.5 Å². The second kappa shape index (κ2) is 11.3. The lowest BCUT2D eigenvalue weighted by molar-refractivity contribution is -0.111. The fourth-order valence-electron chi connectivity index (χ4n) is 4.19. The summed E-state index contributed by atoms with van der Waals surface area (Å²) in [7, 11) is 5.94. The van der Waals surface area contributed by atoms with E-state index in [0.717, 1.165) is 19.5 Å². The van der Waals surface area contributed by atoms with Gasteiger partial charge in [0.05, 0.1) is 27.5 Å². The van der Waals surface area contributed by atoms with Crippen LogP contribution in [0.15, 0.2) is 48.8 Å². The van der Waals surface area contributed by atoms with E-state index >= 15 is 0 Å². The molecule has 1 saturated heterocycles. The number of anilines is 3. The SMILES string of the molecule is CN(C)C/C=C/C(=O)Nc1cc2c(Nc3cccc(Cl)c3F)ncnc2cc1C#C[C@@]1(C)CCN(C)C1. The summed E-state index contributed by atoms with van der Waals surface area (Å²) in [6.07, 6.45) is 5.66. The van der Waals surface area contributed by atoms with E-state index in [1.165, 1.54) is 18.5 Å². The average molecular weight is 521 g/mol. The third-order valence-electron chi connectivity index (χ3n) is 6.14. The minimum Gasteiger partial charge on any atom is -0.337 e. The molecular formula is C28H30ClFN6O. The Hall–Kier alpha value is -3.51. The molecule has 1 aromatic heterocycles. The summed E-state index contributed by atoms with van der Waals surface area (Å²) in [5.74, 6) is 6.24. The maximum Gasteiger partial charge on any atom is 0.248 e. The molecule has 0 unspecified atom stereocenters. The second-order valence-electron chi connectivity index (χ2n) is 9.82. The summed E-state index contributed by atoms with van der Waals surface area (Å²) < 4.78 is 14.6. The lowest BCUT2D eigenvalue weighted by Crippen LogP contribution is -2.20. The number of hydrogen-bond acceptors (Lipinski definition) is 6. The first-order chi connectivity index (χ1) is 17.6. The molecule has 3 aromatic rings. The van der Waals surface area contributed by atoms with Gasteiger partial charge in [0.1, 0.15) is 12.1 Å². The molecule has 1 aliphatic rings. The van der Waals surface area contributed by atoms with Gasteiger partial charge in [-0.1, -0.05) is 35.6 Å². The standard InChI is InChI=1S/C28H30ClFN6O/c1-28(12-14-36(4)17-28)11-10-19-15-24-20(16-23(19)33-25(37)9-6-13-35(2)3)27(32-18-31-24)34-22-8-5-7-21(29)26(22)30/h5-9,15-16,18H,12-14,17H2,1-4H3,(H,33,37)(H,31,32,34)/b9-6+/t28-/m0/s1. The van der Waals surface area contributed by atoms with E-state index in [-0.39, 0.29) is 22.0 Å². The van der Waals surface area contributed by atoms with E-state index in [1.54, 1.807) is 24.3 Å². The van der Waals surface area contributed by atoms with Crippen LogP contribution >= 0.6 is 11.6 Å². The molecule has 7 nitrogen and oxygen atoms in total. The molecule has 4 rings (SSSR count). The molecule has 0 bridgehead atoms. The van der Waals surface area contributed by atoms with Crippen LogP contribution in [0.25, 0.3) is 10.9 Å². The Kier molecular flexibility index (Phi) is 8.08. The number of carbonyl (C=O) groups is 1. The number of halogens is 2. The number of amides is 1. The number of likely N-dealkylation sites (N-methyl/N-ethyl adjacent to an activating group) is 1. The Morgan fingerprint density at radius 3 is 2.84 bits per heavy atom. The third-order valence-corrected chi connectivity index (χ3v) is 6.43. The summed E-state index contributed by atoms with van der Waals surface area (Å²) in [5, 5.41) is 6.56. The molecular weight excluding hydrogens is 491 g/mol. The summed E-state index contributed by atoms with van der Waals surface area (Å²) >= 11 is 5.95. The Bertz CT molecular complexity index is 1410. The summed E-state index contributed by atoms with van der Waals surface area (Å²) in [5.41, 5.74) is 1.83. The van der Waals surface area contributed by atoms with E-state index in [2.05, 4.69) is 51.3 Å². The molecule has 2 N–H and O–H groups in total. The molecule has 192 valence electrons. The topological polar surface area (TPSA) is 73.4 Å². The Balaban J connectivity index is 1.75. The maximum absolute atomic E-state index is 14.6. The van der Waals surface area contributed by atoms with Crippen molar-refractivity contribution in [2.24, 2.45) is 5.41 Å². The van der Waals surface area contributed by atoms with Crippen molar-refractivity contribution in [3.05, 3.63) is 65.2 Å². The van der Waals surface area contributed by atoms with Crippen LogP contribution in [0.4, 0.5) is 21.6 Å². The lowest BCUT2D eigenvalue weighted by Gasteiger charge is -2.16. The van der Waals surface area contributed by atoms with E-state index < -0.39 is 5.82 Å². The summed E-state index contributed by atoms with van der Waals surface area (Å²) in [6.45, 7) is 4.66. The van der Waals surface area contributed by atoms with Crippen molar-refractivity contribution in [1.29, 1.82) is 0 Å². The Morgan fingerprint density at radius 2 is 2.11 bits per heavy atom. The third kappa shape index (κ3) is 6.63. The number of fused-ring (bicyclic) bond motifs is 1. The highest BCUT2D eigenvalue weighted by Gasteiger charge is 2.30. The van der Waals surface area contributed by atoms with Crippen molar-refractivity contribution in [3.8, 4) is 11.8 Å². The van der Waals surface area contributed by atoms with Gasteiger partial charge in [-0.15, -0.1) is 0 Å². The van der Waals surface area contributed by atoms with Crippen LogP contribution in [0.3, 0.4) is 0 Å². The monoisotopic (exact) mass is 520 g/mol. The van der Waals surface area contributed by atoms with E-state index in [1.807, 2.05) is 25.1 Å². The zero-order valence-electron chi connectivity index (χ0n) is 21.4. The predicted octanol–water partition coefficient (Wildman–Crippen LogP) is 4.92. The van der Waals surface area contributed by atoms with Crippen molar-refractivity contribution in [1.82, 2.24) is 19.8 Å². The molecule has 1 atom stereocenters. The van der Waals surface area contributed by atoms with Crippen LogP contribution in [0, 0.1) is 23.1 Å². The minimum absolute atomic E-state index is 0.00411. The second-order valence-corrected chi connectivity index (χ2v) is 10.2. The van der Waals surface area contributed by atoms with Gasteiger partial charge in [0, 0.05) is 30.0 Å². The Labute approximate surface area is 221 Å². The number of aromatic nitrogens is 2. The molecule has 2 aromatic carbocycles. The quantitative estimate of drug-likeness (QED) is 0.355. The fraction of sp³-hybridized carbons (Fsp3) is 0.321. The highest BCUT2D eigenvalue weighted by Crippen LogP contribution is 2.32. The van der Waals surface area contributed by atoms with Crippen molar-refractivity contribution >= 4 is 45.6 Å². The van der Waals surface area contributed by atoms with Crippen molar-refractivity contribution < 1.29 is 9.18 Å². The van der Waals surface area contributed by atoms with Gasteiger partial charge in [-0.05, 0) is 65.3 Å². The van der Waals surface area contributed by atoms with Gasteiger partial charge >= 0.3 is 0 Å². The molecule has 37 heavy (non-hydrogen) atoms. The van der Waals surface area contributed by atoms with Crippen LogP contribution < -0.4 is 10.6 Å². The molecule has 0 aliphatic carbocycles. The molecule has 0 radical (unpaired) electrons. The zero-order chi connectivity index (χ0) is 26.6. The van der Waals surface area contributed by atoms with Gasteiger partial charge in [0.15, 0.2) is 5.82 Å². The smallest absolute Gasteiger partial charge is 0.248 e. The number of likely N-dealkylation sites (tertiary alicyclic amines) is 1. The number of rotatable bonds is 6. The van der Waals surface area contributed by atoms with Gasteiger partial charge in [-0.25, -0.2) is 14.4 Å². The molecule has 1 fully saturated rings. The van der Waals surface area contributed by atoms with Gasteiger partial charge in [0.25, 0.3) is 0 Å². The van der Waals surface area contributed by atoms with Gasteiger partial charge in [-0.2, -0.15) is 0 Å². The normalized spacial score (nSPS) is 17.8.